The van der Waals surface area contributed by atoms with Crippen LogP contribution in [0.15, 0.2) is 23.3 Å². The molecule has 112 valence electrons. The molecule has 0 aliphatic carbocycles. The van der Waals surface area contributed by atoms with Gasteiger partial charge in [-0.2, -0.15) is 0 Å². The van der Waals surface area contributed by atoms with Crippen LogP contribution in [0.2, 0.25) is 0 Å². The Morgan fingerprint density at radius 1 is 1.43 bits per heavy atom. The van der Waals surface area contributed by atoms with E-state index in [0.717, 1.165) is 5.56 Å². The van der Waals surface area contributed by atoms with E-state index in [1.54, 1.807) is 12.1 Å². The molecular weight excluding hydrogens is 294 g/mol. The number of carbonyl (C=O) groups excluding carboxylic acids is 2. The molecule has 1 heterocycles. The molecule has 0 fully saturated rings. The van der Waals surface area contributed by atoms with E-state index >= 15 is 0 Å². The van der Waals surface area contributed by atoms with E-state index in [1.165, 1.54) is 43.8 Å². The van der Waals surface area contributed by atoms with Crippen LogP contribution in [0.5, 0.6) is 11.5 Å². The Morgan fingerprint density at radius 2 is 2.14 bits per heavy atom. The number of methoxy groups -OCH3 is 1. The number of amidine groups is 1. The van der Waals surface area contributed by atoms with Gasteiger partial charge >= 0.3 is 0 Å². The monoisotopic (exact) mass is 309 g/mol. The van der Waals surface area contributed by atoms with Crippen LogP contribution in [0.4, 0.5) is 0 Å². The van der Waals surface area contributed by atoms with E-state index in [4.69, 9.17) is 4.74 Å². The normalized spacial score (nSPS) is 17.4. The number of ether oxygens (including phenoxy) is 1. The number of aromatic hydroxyl groups is 1. The first-order valence-corrected chi connectivity index (χ1v) is 7.00. The summed E-state index contributed by atoms with van der Waals surface area (Å²) in [4.78, 5) is 22.8. The maximum absolute atomic E-state index is 11.7. The van der Waals surface area contributed by atoms with Crippen molar-refractivity contribution in [3.63, 3.8) is 0 Å². The molecule has 2 amide bonds. The number of hydrogen-bond acceptors (Lipinski definition) is 6. The van der Waals surface area contributed by atoms with Crippen molar-refractivity contribution in [2.24, 2.45) is 5.10 Å². The van der Waals surface area contributed by atoms with E-state index in [0.29, 0.717) is 10.9 Å². The highest BCUT2D eigenvalue weighted by molar-refractivity contribution is 8.14. The fraction of sp³-hybridized carbons (Fsp3) is 0.308. The third kappa shape index (κ3) is 3.27. The summed E-state index contributed by atoms with van der Waals surface area (Å²) in [6.45, 7) is 2.77. The number of carbonyl (C=O) groups is 2. The van der Waals surface area contributed by atoms with Crippen molar-refractivity contribution in [1.82, 2.24) is 10.3 Å². The van der Waals surface area contributed by atoms with E-state index in [2.05, 4.69) is 10.4 Å². The first-order chi connectivity index (χ1) is 9.92. The Balaban J connectivity index is 2.30. The van der Waals surface area contributed by atoms with Crippen molar-refractivity contribution in [2.75, 3.05) is 7.11 Å². The largest absolute Gasteiger partial charge is 0.504 e. The van der Waals surface area contributed by atoms with Crippen molar-refractivity contribution in [3.05, 3.63) is 23.8 Å². The van der Waals surface area contributed by atoms with E-state index in [1.807, 2.05) is 0 Å². The first kappa shape index (κ1) is 15.2. The number of phenolic OH excluding ortho intramolecular Hbond substituents is 1. The molecule has 7 nitrogen and oxygen atoms in total. The highest BCUT2D eigenvalue weighted by atomic mass is 32.2. The molecule has 0 saturated carbocycles. The second-order valence-corrected chi connectivity index (χ2v) is 5.42. The second kappa shape index (κ2) is 6.04. The van der Waals surface area contributed by atoms with Crippen molar-refractivity contribution in [2.45, 2.75) is 19.2 Å². The fourth-order valence-electron chi connectivity index (χ4n) is 1.83. The smallest absolute Gasteiger partial charge is 0.241 e. The maximum Gasteiger partial charge on any atom is 0.241 e. The minimum Gasteiger partial charge on any atom is -0.504 e. The molecular formula is C13H15N3O4S. The van der Waals surface area contributed by atoms with Gasteiger partial charge in [0.2, 0.25) is 11.8 Å². The van der Waals surface area contributed by atoms with Gasteiger partial charge in [-0.1, -0.05) is 17.8 Å². The zero-order chi connectivity index (χ0) is 15.6. The summed E-state index contributed by atoms with van der Waals surface area (Å²) in [7, 11) is 1.45. The minimum atomic E-state index is -0.418. The average Bonchev–Trinajstić information content (AvgIpc) is 2.82. The number of thioether (sulfide) groups is 1. The maximum atomic E-state index is 11.7. The van der Waals surface area contributed by atoms with Crippen molar-refractivity contribution in [1.29, 1.82) is 0 Å². The molecule has 8 heteroatoms. The highest BCUT2D eigenvalue weighted by Gasteiger charge is 2.32. The van der Waals surface area contributed by atoms with Gasteiger partial charge in [0.05, 0.1) is 7.11 Å². The predicted octanol–water partition coefficient (Wildman–Crippen LogP) is 1.40. The zero-order valence-electron chi connectivity index (χ0n) is 11.8. The van der Waals surface area contributed by atoms with Crippen molar-refractivity contribution in [3.8, 4) is 11.5 Å². The Bertz CT molecular complexity index is 617. The number of nitrogens with one attached hydrogen (secondary N) is 1. The summed E-state index contributed by atoms with van der Waals surface area (Å²) in [5, 5.41) is 17.5. The lowest BCUT2D eigenvalue weighted by molar-refractivity contribution is -0.129. The van der Waals surface area contributed by atoms with Crippen LogP contribution in [-0.2, 0) is 9.59 Å². The van der Waals surface area contributed by atoms with Crippen LogP contribution in [0.3, 0.4) is 0 Å². The Hall–Kier alpha value is -2.22. The number of benzene rings is 1. The topological polar surface area (TPSA) is 91.2 Å². The molecule has 1 unspecified atom stereocenters. The van der Waals surface area contributed by atoms with E-state index in [9.17, 15) is 14.7 Å². The summed E-state index contributed by atoms with van der Waals surface area (Å²) >= 11 is 1.24. The van der Waals surface area contributed by atoms with Gasteiger partial charge in [0, 0.05) is 13.8 Å². The van der Waals surface area contributed by atoms with Gasteiger partial charge in [0.25, 0.3) is 0 Å². The molecule has 21 heavy (non-hydrogen) atoms. The average molecular weight is 309 g/mol. The van der Waals surface area contributed by atoms with Gasteiger partial charge in [-0.3, -0.25) is 9.59 Å². The molecule has 1 aromatic rings. The summed E-state index contributed by atoms with van der Waals surface area (Å²) in [5.41, 5.74) is 0.731. The number of hydrazone groups is 1. The van der Waals surface area contributed by atoms with Crippen LogP contribution in [0.1, 0.15) is 24.8 Å². The molecule has 0 bridgehead atoms. The van der Waals surface area contributed by atoms with Crippen LogP contribution in [-0.4, -0.2) is 34.2 Å². The molecule has 0 aromatic heterocycles. The van der Waals surface area contributed by atoms with Crippen LogP contribution in [0, 0.1) is 0 Å². The highest BCUT2D eigenvalue weighted by Crippen LogP contribution is 2.41. The Labute approximate surface area is 126 Å². The third-order valence-corrected chi connectivity index (χ3v) is 3.84. The molecule has 2 rings (SSSR count). The number of amides is 2. The van der Waals surface area contributed by atoms with Gasteiger partial charge < -0.3 is 15.2 Å². The summed E-state index contributed by atoms with van der Waals surface area (Å²) in [5.74, 6) is -0.181. The lowest BCUT2D eigenvalue weighted by atomic mass is 10.2. The van der Waals surface area contributed by atoms with Crippen molar-refractivity contribution >= 4 is 28.7 Å². The number of phenols is 1. The molecule has 0 radical (unpaired) electrons. The summed E-state index contributed by atoms with van der Waals surface area (Å²) in [6.07, 6.45) is 0. The third-order valence-electron chi connectivity index (χ3n) is 2.74. The summed E-state index contributed by atoms with van der Waals surface area (Å²) < 4.78 is 5.06. The van der Waals surface area contributed by atoms with E-state index < -0.39 is 5.37 Å². The van der Waals surface area contributed by atoms with E-state index in [-0.39, 0.29) is 17.6 Å². The van der Waals surface area contributed by atoms with Crippen LogP contribution in [0.25, 0.3) is 0 Å². The molecule has 1 aliphatic rings. The van der Waals surface area contributed by atoms with Gasteiger partial charge in [-0.15, -0.1) is 5.10 Å². The fourth-order valence-corrected chi connectivity index (χ4v) is 2.95. The van der Waals surface area contributed by atoms with Crippen LogP contribution < -0.4 is 10.1 Å². The lowest BCUT2D eigenvalue weighted by Gasteiger charge is -2.19. The van der Waals surface area contributed by atoms with Gasteiger partial charge in [0.1, 0.15) is 5.37 Å². The van der Waals surface area contributed by atoms with Crippen LogP contribution >= 0.6 is 11.8 Å². The number of nitrogens with zero attached hydrogens (tertiary/aromatic N) is 2. The number of hydrogen-bond donors (Lipinski definition) is 2. The standard InChI is InChI=1S/C13H15N3O4S/c1-7(17)14-13-15-16(8(2)18)12(21-13)9-4-5-10(19)11(6-9)20-3/h4-6,12,19H,1-3H3,(H,14,15,17). The SMILES string of the molecule is COc1cc(C2SC(NC(C)=O)=NN2C(C)=O)ccc1O. The zero-order valence-corrected chi connectivity index (χ0v) is 12.6. The predicted molar refractivity (Wildman–Crippen MR) is 78.8 cm³/mol. The van der Waals surface area contributed by atoms with Gasteiger partial charge in [-0.25, -0.2) is 5.01 Å². The molecule has 0 saturated heterocycles. The summed E-state index contributed by atoms with van der Waals surface area (Å²) in [6, 6.07) is 4.80. The molecule has 0 spiro atoms. The quantitative estimate of drug-likeness (QED) is 0.861. The Morgan fingerprint density at radius 3 is 2.71 bits per heavy atom. The minimum absolute atomic E-state index is 0.0154. The Kier molecular flexibility index (Phi) is 4.37. The van der Waals surface area contributed by atoms with Crippen molar-refractivity contribution < 1.29 is 19.4 Å². The molecule has 1 aliphatic heterocycles. The molecule has 1 aromatic carbocycles. The molecule has 1 atom stereocenters. The second-order valence-electron chi connectivity index (χ2n) is 4.35. The van der Waals surface area contributed by atoms with Gasteiger partial charge in [0.15, 0.2) is 16.7 Å². The number of rotatable bonds is 2. The lowest BCUT2D eigenvalue weighted by Crippen LogP contribution is -2.25. The molecule has 2 N–H and O–H groups in total. The van der Waals surface area contributed by atoms with Gasteiger partial charge in [-0.05, 0) is 17.7 Å². The first-order valence-electron chi connectivity index (χ1n) is 6.12.